The van der Waals surface area contributed by atoms with Crippen molar-refractivity contribution in [1.29, 1.82) is 0 Å². The zero-order valence-electron chi connectivity index (χ0n) is 21.2. The highest BCUT2D eigenvalue weighted by Gasteiger charge is 2.24. The summed E-state index contributed by atoms with van der Waals surface area (Å²) in [5.41, 5.74) is 4.43. The van der Waals surface area contributed by atoms with E-state index >= 15 is 0 Å². The van der Waals surface area contributed by atoms with Gasteiger partial charge in [0, 0.05) is 18.2 Å². The lowest BCUT2D eigenvalue weighted by Crippen LogP contribution is -2.25. The van der Waals surface area contributed by atoms with Gasteiger partial charge in [0.05, 0.1) is 29.5 Å². The van der Waals surface area contributed by atoms with Gasteiger partial charge in [0.15, 0.2) is 5.65 Å². The molecule has 0 fully saturated rings. The number of hydrogen-bond donors (Lipinski definition) is 0. The maximum Gasteiger partial charge on any atom is 0.314 e. The van der Waals surface area contributed by atoms with E-state index in [9.17, 15) is 4.79 Å². The van der Waals surface area contributed by atoms with Gasteiger partial charge in [-0.25, -0.2) is 9.97 Å². The largest absolute Gasteiger partial charge is 0.469 e. The van der Waals surface area contributed by atoms with Crippen molar-refractivity contribution in [2.75, 3.05) is 6.79 Å². The minimum Gasteiger partial charge on any atom is -0.469 e. The summed E-state index contributed by atoms with van der Waals surface area (Å²) < 4.78 is 19.0. The number of carbonyl (C=O) groups excluding carboxylic acids is 1. The Morgan fingerprint density at radius 2 is 1.62 bits per heavy atom. The van der Waals surface area contributed by atoms with Crippen LogP contribution in [0.1, 0.15) is 43.5 Å². The molecule has 7 nitrogen and oxygen atoms in total. The lowest BCUT2D eigenvalue weighted by atomic mass is 9.98. The lowest BCUT2D eigenvalue weighted by molar-refractivity contribution is -0.159. The summed E-state index contributed by atoms with van der Waals surface area (Å²) in [6.07, 6.45) is 4.56. The van der Waals surface area contributed by atoms with E-state index in [2.05, 4.69) is 12.1 Å². The van der Waals surface area contributed by atoms with Gasteiger partial charge in [-0.2, -0.15) is 0 Å². The van der Waals surface area contributed by atoms with Crippen LogP contribution in [0.15, 0.2) is 89.7 Å². The Bertz CT molecular complexity index is 1490. The average Bonchev–Trinajstić information content (AvgIpc) is 3.53. The standard InChI is InChI=1S/C30H29N3O4/c1-30(2,3)29(34)37-20-36-28-25(18-23-15-10-16-35-23)32-27-24(17-21-11-6-4-7-12-21)31-26(19-33(27)28)22-13-8-5-9-14-22/h4-16,19H,17-18,20H2,1-3H3. The van der Waals surface area contributed by atoms with E-state index in [1.807, 2.05) is 71.3 Å². The molecule has 0 radical (unpaired) electrons. The van der Waals surface area contributed by atoms with Gasteiger partial charge in [0.25, 0.3) is 0 Å². The van der Waals surface area contributed by atoms with Gasteiger partial charge >= 0.3 is 5.97 Å². The fourth-order valence-corrected chi connectivity index (χ4v) is 3.99. The number of nitrogens with zero attached hydrogens (tertiary/aromatic N) is 3. The molecule has 3 heterocycles. The van der Waals surface area contributed by atoms with E-state index in [0.29, 0.717) is 30.1 Å². The Morgan fingerprint density at radius 3 is 2.30 bits per heavy atom. The highest BCUT2D eigenvalue weighted by atomic mass is 16.7. The summed E-state index contributed by atoms with van der Waals surface area (Å²) in [4.78, 5) is 22.3. The van der Waals surface area contributed by atoms with Crippen molar-refractivity contribution >= 4 is 11.6 Å². The molecule has 2 aromatic carbocycles. The molecule has 0 N–H and O–H groups in total. The molecule has 37 heavy (non-hydrogen) atoms. The molecule has 0 aliphatic rings. The number of benzene rings is 2. The van der Waals surface area contributed by atoms with Crippen LogP contribution in [0.3, 0.4) is 0 Å². The first-order valence-electron chi connectivity index (χ1n) is 12.2. The van der Waals surface area contributed by atoms with Crippen molar-refractivity contribution in [3.8, 4) is 17.1 Å². The summed E-state index contributed by atoms with van der Waals surface area (Å²) >= 11 is 0. The number of ether oxygens (including phenoxy) is 2. The maximum atomic E-state index is 12.3. The molecule has 0 aliphatic carbocycles. The first-order valence-corrected chi connectivity index (χ1v) is 12.2. The van der Waals surface area contributed by atoms with Crippen LogP contribution in [0.25, 0.3) is 16.9 Å². The van der Waals surface area contributed by atoms with Crippen molar-refractivity contribution in [1.82, 2.24) is 14.4 Å². The third kappa shape index (κ3) is 5.56. The van der Waals surface area contributed by atoms with Crippen molar-refractivity contribution in [2.24, 2.45) is 5.41 Å². The summed E-state index contributed by atoms with van der Waals surface area (Å²) in [5, 5.41) is 0. The second-order valence-corrected chi connectivity index (χ2v) is 9.86. The van der Waals surface area contributed by atoms with E-state index < -0.39 is 5.41 Å². The van der Waals surface area contributed by atoms with E-state index in [4.69, 9.17) is 23.9 Å². The zero-order chi connectivity index (χ0) is 25.8. The van der Waals surface area contributed by atoms with Crippen LogP contribution in [0, 0.1) is 5.41 Å². The first kappa shape index (κ1) is 24.3. The summed E-state index contributed by atoms with van der Waals surface area (Å²) in [7, 11) is 0. The van der Waals surface area contributed by atoms with Gasteiger partial charge in [-0.1, -0.05) is 60.7 Å². The number of hydrogen-bond acceptors (Lipinski definition) is 6. The second kappa shape index (κ2) is 10.3. The maximum absolute atomic E-state index is 12.3. The van der Waals surface area contributed by atoms with Crippen molar-refractivity contribution in [2.45, 2.75) is 33.6 Å². The van der Waals surface area contributed by atoms with Crippen LogP contribution in [-0.4, -0.2) is 27.1 Å². The van der Waals surface area contributed by atoms with Gasteiger partial charge < -0.3 is 13.9 Å². The Kier molecular flexibility index (Phi) is 6.77. The number of imidazole rings is 1. The number of aromatic nitrogens is 3. The smallest absolute Gasteiger partial charge is 0.314 e. The number of fused-ring (bicyclic) bond motifs is 1. The predicted molar refractivity (Wildman–Crippen MR) is 140 cm³/mol. The molecular weight excluding hydrogens is 466 g/mol. The molecule has 0 bridgehead atoms. The summed E-state index contributed by atoms with van der Waals surface area (Å²) in [6.45, 7) is 5.19. The topological polar surface area (TPSA) is 78.9 Å². The highest BCUT2D eigenvalue weighted by molar-refractivity contribution is 5.75. The highest BCUT2D eigenvalue weighted by Crippen LogP contribution is 2.29. The monoisotopic (exact) mass is 495 g/mol. The molecule has 7 heteroatoms. The first-order chi connectivity index (χ1) is 17.9. The molecule has 0 unspecified atom stereocenters. The summed E-state index contributed by atoms with van der Waals surface area (Å²) in [5.74, 6) is 0.896. The third-order valence-corrected chi connectivity index (χ3v) is 5.90. The van der Waals surface area contributed by atoms with Crippen LogP contribution in [0.2, 0.25) is 0 Å². The molecule has 0 saturated heterocycles. The quantitative estimate of drug-likeness (QED) is 0.191. The number of furan rings is 1. The van der Waals surface area contributed by atoms with E-state index in [-0.39, 0.29) is 12.8 Å². The van der Waals surface area contributed by atoms with Gasteiger partial charge in [-0.05, 0) is 38.5 Å². The van der Waals surface area contributed by atoms with Gasteiger partial charge in [0.2, 0.25) is 12.7 Å². The van der Waals surface area contributed by atoms with Crippen molar-refractivity contribution in [3.05, 3.63) is 108 Å². The number of rotatable bonds is 8. The lowest BCUT2D eigenvalue weighted by Gasteiger charge is -2.17. The van der Waals surface area contributed by atoms with Crippen LogP contribution in [0.4, 0.5) is 0 Å². The molecule has 0 saturated carbocycles. The predicted octanol–water partition coefficient (Wildman–Crippen LogP) is 6.10. The van der Waals surface area contributed by atoms with E-state index in [0.717, 1.165) is 28.3 Å². The molecule has 3 aromatic heterocycles. The van der Waals surface area contributed by atoms with E-state index in [1.165, 1.54) is 0 Å². The molecule has 0 amide bonds. The fourth-order valence-electron chi connectivity index (χ4n) is 3.99. The van der Waals surface area contributed by atoms with Crippen molar-refractivity contribution in [3.63, 3.8) is 0 Å². The molecule has 188 valence electrons. The summed E-state index contributed by atoms with van der Waals surface area (Å²) in [6, 6.07) is 23.9. The van der Waals surface area contributed by atoms with Gasteiger partial charge in [-0.15, -0.1) is 0 Å². The molecule has 5 aromatic rings. The molecular formula is C30H29N3O4. The Hall–Kier alpha value is -4.39. The Balaban J connectivity index is 1.61. The Labute approximate surface area is 215 Å². The minimum absolute atomic E-state index is 0.230. The van der Waals surface area contributed by atoms with Crippen LogP contribution in [0.5, 0.6) is 5.88 Å². The second-order valence-electron chi connectivity index (χ2n) is 9.86. The average molecular weight is 496 g/mol. The SMILES string of the molecule is CC(C)(C)C(=O)OCOc1c(Cc2ccco2)nc2c(Cc3ccccc3)nc(-c3ccccc3)cn12. The van der Waals surface area contributed by atoms with Gasteiger partial charge in [-0.3, -0.25) is 9.20 Å². The van der Waals surface area contributed by atoms with Crippen molar-refractivity contribution < 1.29 is 18.7 Å². The van der Waals surface area contributed by atoms with Crippen LogP contribution in [-0.2, 0) is 22.4 Å². The Morgan fingerprint density at radius 1 is 0.892 bits per heavy atom. The molecule has 0 spiro atoms. The molecule has 0 aliphatic heterocycles. The number of carbonyl (C=O) groups is 1. The third-order valence-electron chi connectivity index (χ3n) is 5.90. The molecule has 5 rings (SSSR count). The van der Waals surface area contributed by atoms with Crippen LogP contribution < -0.4 is 4.74 Å². The fraction of sp³-hybridized carbons (Fsp3) is 0.233. The normalized spacial score (nSPS) is 11.5. The zero-order valence-corrected chi connectivity index (χ0v) is 21.2. The number of esters is 1. The minimum atomic E-state index is -0.632. The van der Waals surface area contributed by atoms with E-state index in [1.54, 1.807) is 27.0 Å². The van der Waals surface area contributed by atoms with Crippen LogP contribution >= 0.6 is 0 Å². The van der Waals surface area contributed by atoms with Gasteiger partial charge in [0.1, 0.15) is 11.5 Å². The molecule has 0 atom stereocenters.